The second kappa shape index (κ2) is 25.5. The Hall–Kier alpha value is -2.48. The molecule has 0 amide bonds. The molecule has 0 radical (unpaired) electrons. The number of aromatic nitrogens is 5. The standard InChI is InChI=1S/C14H16N2O2S.C9H12BrNO2S.C5H4BrN.C5H4N.ClH.Zn/c1-9(2)8-11-12(14(17)18-3)16-13(19-11)10-6-4-5-7-15-10;1-5(2)4-6-7(8(12)13-3)11-9(10)14-6;6-5-3-1-2-4-7-5;1-2-4-6-5-3-1;;/h4-7,9H,8H2,1-3H3;5H,4H2,1-3H3;1-4H;1-4H;1H;/q;;;-1;;+2/p-1. The van der Waals surface area contributed by atoms with Crippen LogP contribution >= 0.6 is 64.2 Å². The van der Waals surface area contributed by atoms with Crippen molar-refractivity contribution in [1.82, 2.24) is 24.9 Å². The van der Waals surface area contributed by atoms with Crippen molar-refractivity contribution < 1.29 is 36.4 Å². The van der Waals surface area contributed by atoms with Crippen LogP contribution in [0.1, 0.15) is 58.4 Å². The number of thiazole rings is 2. The average molecular weight is 891 g/mol. The van der Waals surface area contributed by atoms with Crippen molar-refractivity contribution in [2.24, 2.45) is 11.8 Å². The first-order chi connectivity index (χ1) is 23.0. The van der Waals surface area contributed by atoms with Gasteiger partial charge < -0.3 is 14.5 Å². The zero-order valence-corrected chi connectivity index (χ0v) is 36.1. The molecule has 9 nitrogen and oxygen atoms in total. The van der Waals surface area contributed by atoms with Gasteiger partial charge in [0.25, 0.3) is 0 Å². The van der Waals surface area contributed by atoms with Gasteiger partial charge in [0.1, 0.15) is 9.61 Å². The fourth-order valence-electron chi connectivity index (χ4n) is 3.42. The minimum absolute atomic E-state index is 0.359. The fraction of sp³-hybridized carbons (Fsp3) is 0.303. The fourth-order valence-corrected chi connectivity index (χ4v) is 6.68. The molecule has 0 N–H and O–H groups in total. The monoisotopic (exact) mass is 887 g/mol. The van der Waals surface area contributed by atoms with E-state index in [1.807, 2.05) is 48.5 Å². The normalized spacial score (nSPS) is 9.77. The summed E-state index contributed by atoms with van der Waals surface area (Å²) in [5, 5.41) is 0.761. The van der Waals surface area contributed by atoms with Gasteiger partial charge in [-0.1, -0.05) is 52.2 Å². The van der Waals surface area contributed by atoms with Crippen molar-refractivity contribution in [2.45, 2.75) is 40.5 Å². The van der Waals surface area contributed by atoms with Gasteiger partial charge in [-0.3, -0.25) is 4.98 Å². The second-order valence-electron chi connectivity index (χ2n) is 10.0. The van der Waals surface area contributed by atoms with Gasteiger partial charge in [-0.05, 0) is 80.8 Å². The number of ether oxygens (including phenoxy) is 2. The molecule has 0 fully saturated rings. The number of hydrogen-bond donors (Lipinski definition) is 0. The molecule has 0 atom stereocenters. The summed E-state index contributed by atoms with van der Waals surface area (Å²) in [6.45, 7) is 8.44. The molecule has 48 heavy (non-hydrogen) atoms. The van der Waals surface area contributed by atoms with Gasteiger partial charge in [-0.2, -0.15) is 18.2 Å². The SMILES string of the molecule is Brc1ccccn1.COC(=O)c1nc(-c2ccccn2)sc1CC(C)C.COC(=O)c1nc(Br)sc1CC(C)C.[Cl][Zn+].[c-]1ccccn1. The van der Waals surface area contributed by atoms with E-state index < -0.39 is 0 Å². The van der Waals surface area contributed by atoms with Crippen LogP contribution in [0, 0.1) is 18.0 Å². The van der Waals surface area contributed by atoms with E-state index in [4.69, 9.17) is 14.4 Å². The van der Waals surface area contributed by atoms with Crippen molar-refractivity contribution >= 4 is 76.2 Å². The largest absolute Gasteiger partial charge is 0.394 e. The minimum Gasteiger partial charge on any atom is -0.394 e. The third-order valence-electron chi connectivity index (χ3n) is 5.34. The third kappa shape index (κ3) is 17.3. The Balaban J connectivity index is 0.000000345. The van der Waals surface area contributed by atoms with Gasteiger partial charge in [-0.25, -0.2) is 24.5 Å². The molecule has 0 saturated carbocycles. The first-order valence-corrected chi connectivity index (χ1v) is 21.5. The van der Waals surface area contributed by atoms with Crippen molar-refractivity contribution in [3.05, 3.63) is 109 Å². The van der Waals surface area contributed by atoms with E-state index in [1.165, 1.54) is 36.9 Å². The summed E-state index contributed by atoms with van der Waals surface area (Å²) in [5.74, 6) is 0.225. The average Bonchev–Trinajstić information content (AvgIpc) is 3.69. The maximum Gasteiger partial charge on any atom is -0.0813 e. The van der Waals surface area contributed by atoms with Gasteiger partial charge >= 0.3 is 38.9 Å². The Morgan fingerprint density at radius 2 is 1.33 bits per heavy atom. The van der Waals surface area contributed by atoms with Gasteiger partial charge in [0.15, 0.2) is 15.3 Å². The molecule has 0 aliphatic rings. The molecule has 0 unspecified atom stereocenters. The van der Waals surface area contributed by atoms with Gasteiger partial charge in [0.05, 0.1) is 19.9 Å². The topological polar surface area (TPSA) is 117 Å². The van der Waals surface area contributed by atoms with Crippen molar-refractivity contribution in [1.29, 1.82) is 0 Å². The van der Waals surface area contributed by atoms with Crippen LogP contribution in [0.4, 0.5) is 0 Å². The Labute approximate surface area is 321 Å². The summed E-state index contributed by atoms with van der Waals surface area (Å²) in [6.07, 6.45) is 9.47. The van der Waals surface area contributed by atoms with E-state index in [1.54, 1.807) is 24.7 Å². The molecule has 0 aliphatic carbocycles. The summed E-state index contributed by atoms with van der Waals surface area (Å²) in [6, 6.07) is 16.8. The smallest absolute Gasteiger partial charge is 0.0813 e. The van der Waals surface area contributed by atoms with Crippen LogP contribution in [0.5, 0.6) is 0 Å². The second-order valence-corrected chi connectivity index (χ2v) is 14.3. The number of halogens is 3. The van der Waals surface area contributed by atoms with Crippen molar-refractivity contribution in [3.63, 3.8) is 0 Å². The first kappa shape index (κ1) is 43.5. The maximum atomic E-state index is 11.8. The molecular formula is C33H36Br2ClN5O4S2Zn. The van der Waals surface area contributed by atoms with Gasteiger partial charge in [0.2, 0.25) is 0 Å². The molecule has 0 saturated heterocycles. The Morgan fingerprint density at radius 1 is 0.792 bits per heavy atom. The van der Waals surface area contributed by atoms with Crippen LogP contribution in [-0.2, 0) is 39.6 Å². The first-order valence-electron chi connectivity index (χ1n) is 14.4. The maximum absolute atomic E-state index is 11.8. The number of carbonyl (C=O) groups excluding carboxylic acids is 2. The summed E-state index contributed by atoms with van der Waals surface area (Å²) >= 11 is 10.3. The van der Waals surface area contributed by atoms with Crippen LogP contribution in [0.2, 0.25) is 0 Å². The van der Waals surface area contributed by atoms with Crippen LogP contribution in [-0.4, -0.2) is 51.1 Å². The van der Waals surface area contributed by atoms with E-state index in [0.717, 1.165) is 59.1 Å². The van der Waals surface area contributed by atoms with Gasteiger partial charge in [-0.15, -0.1) is 22.7 Å². The van der Waals surface area contributed by atoms with Crippen molar-refractivity contribution in [3.8, 4) is 10.7 Å². The minimum atomic E-state index is -0.380. The van der Waals surface area contributed by atoms with Crippen LogP contribution in [0.15, 0.2) is 81.7 Å². The molecule has 5 heterocycles. The number of methoxy groups -OCH3 is 2. The molecule has 5 aromatic heterocycles. The molecule has 0 aliphatic heterocycles. The van der Waals surface area contributed by atoms with Crippen LogP contribution in [0.25, 0.3) is 10.7 Å². The van der Waals surface area contributed by atoms with E-state index in [0.29, 0.717) is 23.2 Å². The van der Waals surface area contributed by atoms with E-state index >= 15 is 0 Å². The summed E-state index contributed by atoms with van der Waals surface area (Å²) in [4.78, 5) is 45.3. The van der Waals surface area contributed by atoms with Crippen molar-refractivity contribution in [2.75, 3.05) is 14.2 Å². The molecule has 0 aromatic carbocycles. The van der Waals surface area contributed by atoms with Gasteiger partial charge in [0, 0.05) is 22.1 Å². The van der Waals surface area contributed by atoms with E-state index in [-0.39, 0.29) is 11.9 Å². The van der Waals surface area contributed by atoms with E-state index in [2.05, 4.69) is 95.4 Å². The quantitative estimate of drug-likeness (QED) is 0.0682. The predicted octanol–water partition coefficient (Wildman–Crippen LogP) is 9.49. The Morgan fingerprint density at radius 3 is 1.71 bits per heavy atom. The number of nitrogens with zero attached hydrogens (tertiary/aromatic N) is 5. The zero-order valence-electron chi connectivity index (χ0n) is 27.5. The zero-order chi connectivity index (χ0) is 35.9. The summed E-state index contributed by atoms with van der Waals surface area (Å²) in [5.41, 5.74) is 1.65. The Kier molecular flexibility index (Phi) is 23.1. The number of carbonyl (C=O) groups is 2. The van der Waals surface area contributed by atoms with Crippen LogP contribution < -0.4 is 0 Å². The summed E-state index contributed by atoms with van der Waals surface area (Å²) in [7, 11) is 7.51. The molecule has 15 heteroatoms. The summed E-state index contributed by atoms with van der Waals surface area (Å²) < 4.78 is 11.1. The number of esters is 2. The molecule has 5 aromatic rings. The van der Waals surface area contributed by atoms with Crippen LogP contribution in [0.3, 0.4) is 0 Å². The van der Waals surface area contributed by atoms with E-state index in [9.17, 15) is 9.59 Å². The molecular weight excluding hydrogens is 855 g/mol. The molecule has 0 spiro atoms. The molecule has 0 bridgehead atoms. The Bertz CT molecular complexity index is 1570. The molecule has 252 valence electrons. The molecule has 5 rings (SSSR count). The predicted molar refractivity (Wildman–Crippen MR) is 196 cm³/mol. The number of rotatable bonds is 7. The third-order valence-corrected chi connectivity index (χ3v) is 8.44. The number of pyridine rings is 3. The number of hydrogen-bond acceptors (Lipinski definition) is 11.